The van der Waals surface area contributed by atoms with Crippen LogP contribution < -0.4 is 24.3 Å². The fourth-order valence-corrected chi connectivity index (χ4v) is 2.23. The first-order valence-electron chi connectivity index (χ1n) is 7.73. The summed E-state index contributed by atoms with van der Waals surface area (Å²) in [6, 6.07) is 8.22. The quantitative estimate of drug-likeness (QED) is 0.782. The number of halogens is 3. The fourth-order valence-electron chi connectivity index (χ4n) is 2.23. The summed E-state index contributed by atoms with van der Waals surface area (Å²) in [5, 5.41) is 2.51. The highest BCUT2D eigenvalue weighted by Crippen LogP contribution is 2.38. The van der Waals surface area contributed by atoms with Gasteiger partial charge in [0.15, 0.2) is 18.1 Å². The summed E-state index contributed by atoms with van der Waals surface area (Å²) in [6.45, 7) is 1.50. The van der Waals surface area contributed by atoms with Crippen molar-refractivity contribution in [1.82, 2.24) is 0 Å². The number of anilines is 1. The zero-order chi connectivity index (χ0) is 20.0. The highest BCUT2D eigenvalue weighted by molar-refractivity contribution is 5.92. The van der Waals surface area contributed by atoms with Crippen LogP contribution in [0.25, 0.3) is 0 Å². The summed E-state index contributed by atoms with van der Waals surface area (Å²) >= 11 is 0. The molecule has 0 saturated heterocycles. The summed E-state index contributed by atoms with van der Waals surface area (Å²) in [5.74, 6) is 0.200. The molecule has 9 heteroatoms. The lowest BCUT2D eigenvalue weighted by Gasteiger charge is -2.15. The smallest absolute Gasteiger partial charge is 0.493 e. The van der Waals surface area contributed by atoms with Crippen LogP contribution in [0.1, 0.15) is 5.56 Å². The standard InChI is InChI=1S/C18H18F3NO5/c1-11-8-14(24-2)17(15(9-11)25-3)26-10-16(23)22-12-4-6-13(7-5-12)27-18(19,20)21/h4-9H,10H2,1-3H3,(H,22,23). The second-order valence-corrected chi connectivity index (χ2v) is 5.41. The lowest BCUT2D eigenvalue weighted by molar-refractivity contribution is -0.274. The summed E-state index contributed by atoms with van der Waals surface area (Å²) in [6.07, 6.45) is -4.77. The zero-order valence-corrected chi connectivity index (χ0v) is 14.8. The van der Waals surface area contributed by atoms with Crippen LogP contribution in [0.3, 0.4) is 0 Å². The van der Waals surface area contributed by atoms with E-state index in [4.69, 9.17) is 14.2 Å². The van der Waals surface area contributed by atoms with E-state index >= 15 is 0 Å². The first-order chi connectivity index (χ1) is 12.7. The Morgan fingerprint density at radius 2 is 1.59 bits per heavy atom. The molecule has 27 heavy (non-hydrogen) atoms. The Bertz CT molecular complexity index is 766. The number of alkyl halides is 3. The number of hydrogen-bond donors (Lipinski definition) is 1. The van der Waals surface area contributed by atoms with Crippen LogP contribution in [0.2, 0.25) is 0 Å². The van der Waals surface area contributed by atoms with Gasteiger partial charge >= 0.3 is 6.36 Å². The van der Waals surface area contributed by atoms with E-state index in [9.17, 15) is 18.0 Å². The van der Waals surface area contributed by atoms with Crippen LogP contribution in [0.15, 0.2) is 36.4 Å². The van der Waals surface area contributed by atoms with Crippen molar-refractivity contribution in [2.45, 2.75) is 13.3 Å². The molecule has 0 atom stereocenters. The lowest BCUT2D eigenvalue weighted by Crippen LogP contribution is -2.20. The van der Waals surface area contributed by atoms with Crippen LogP contribution >= 0.6 is 0 Å². The van der Waals surface area contributed by atoms with E-state index in [0.717, 1.165) is 17.7 Å². The Labute approximate surface area is 153 Å². The largest absolute Gasteiger partial charge is 0.573 e. The molecule has 0 aliphatic heterocycles. The van der Waals surface area contributed by atoms with E-state index in [1.54, 1.807) is 12.1 Å². The van der Waals surface area contributed by atoms with Gasteiger partial charge in [0.2, 0.25) is 5.75 Å². The molecule has 0 bridgehead atoms. The molecule has 146 valence electrons. The number of carbonyl (C=O) groups excluding carboxylic acids is 1. The monoisotopic (exact) mass is 385 g/mol. The predicted molar refractivity (Wildman–Crippen MR) is 91.5 cm³/mol. The van der Waals surface area contributed by atoms with E-state index in [1.807, 2.05) is 6.92 Å². The number of benzene rings is 2. The van der Waals surface area contributed by atoms with Gasteiger partial charge in [-0.2, -0.15) is 0 Å². The molecule has 0 radical (unpaired) electrons. The second kappa shape index (κ2) is 8.52. The average molecular weight is 385 g/mol. The van der Waals surface area contributed by atoms with Crippen molar-refractivity contribution < 1.29 is 36.9 Å². The maximum atomic E-state index is 12.1. The Balaban J connectivity index is 1.99. The van der Waals surface area contributed by atoms with Crippen molar-refractivity contribution in [3.63, 3.8) is 0 Å². The molecule has 6 nitrogen and oxygen atoms in total. The Kier molecular flexibility index (Phi) is 6.38. The van der Waals surface area contributed by atoms with Crippen molar-refractivity contribution >= 4 is 11.6 Å². The van der Waals surface area contributed by atoms with E-state index in [1.165, 1.54) is 26.4 Å². The highest BCUT2D eigenvalue weighted by atomic mass is 19.4. The third-order valence-electron chi connectivity index (χ3n) is 3.32. The fraction of sp³-hybridized carbons (Fsp3) is 0.278. The van der Waals surface area contributed by atoms with Gasteiger partial charge in [0.05, 0.1) is 14.2 Å². The number of aryl methyl sites for hydroxylation is 1. The molecule has 0 spiro atoms. The van der Waals surface area contributed by atoms with E-state index in [2.05, 4.69) is 10.1 Å². The van der Waals surface area contributed by atoms with Gasteiger partial charge in [-0.3, -0.25) is 4.79 Å². The maximum absolute atomic E-state index is 12.1. The first kappa shape index (κ1) is 20.2. The van der Waals surface area contributed by atoms with Crippen LogP contribution in [0.5, 0.6) is 23.0 Å². The molecule has 0 aliphatic rings. The molecule has 0 aromatic heterocycles. The van der Waals surface area contributed by atoms with Crippen molar-refractivity contribution in [3.8, 4) is 23.0 Å². The summed E-state index contributed by atoms with van der Waals surface area (Å²) in [4.78, 5) is 12.0. The molecule has 0 heterocycles. The number of methoxy groups -OCH3 is 2. The van der Waals surface area contributed by atoms with Gasteiger partial charge < -0.3 is 24.3 Å². The van der Waals surface area contributed by atoms with Gasteiger partial charge in [-0.1, -0.05) is 0 Å². The number of carbonyl (C=O) groups is 1. The molecule has 1 amide bonds. The maximum Gasteiger partial charge on any atom is 0.573 e. The molecular weight excluding hydrogens is 367 g/mol. The van der Waals surface area contributed by atoms with Crippen molar-refractivity contribution in [2.24, 2.45) is 0 Å². The minimum atomic E-state index is -4.77. The second-order valence-electron chi connectivity index (χ2n) is 5.41. The third kappa shape index (κ3) is 5.98. The molecule has 2 aromatic rings. The van der Waals surface area contributed by atoms with Gasteiger partial charge in [0.1, 0.15) is 5.75 Å². The minimum absolute atomic E-state index is 0.273. The van der Waals surface area contributed by atoms with Gasteiger partial charge in [0.25, 0.3) is 5.91 Å². The number of amides is 1. The summed E-state index contributed by atoms with van der Waals surface area (Å²) in [5.41, 5.74) is 1.18. The highest BCUT2D eigenvalue weighted by Gasteiger charge is 2.30. The molecule has 0 aliphatic carbocycles. The molecule has 0 fully saturated rings. The van der Waals surface area contributed by atoms with Crippen molar-refractivity contribution in [3.05, 3.63) is 42.0 Å². The predicted octanol–water partition coefficient (Wildman–Crippen LogP) is 3.93. The molecule has 2 rings (SSSR count). The van der Waals surface area contributed by atoms with Crippen LogP contribution in [0, 0.1) is 6.92 Å². The average Bonchev–Trinajstić information content (AvgIpc) is 2.60. The number of hydrogen-bond acceptors (Lipinski definition) is 5. The van der Waals surface area contributed by atoms with Gasteiger partial charge in [-0.15, -0.1) is 13.2 Å². The summed E-state index contributed by atoms with van der Waals surface area (Å²) in [7, 11) is 2.93. The van der Waals surface area contributed by atoms with Gasteiger partial charge in [-0.25, -0.2) is 0 Å². The van der Waals surface area contributed by atoms with Gasteiger partial charge in [-0.05, 0) is 48.9 Å². The van der Waals surface area contributed by atoms with Crippen LogP contribution in [-0.4, -0.2) is 33.1 Å². The molecule has 1 N–H and O–H groups in total. The Morgan fingerprint density at radius 1 is 1.04 bits per heavy atom. The van der Waals surface area contributed by atoms with Crippen molar-refractivity contribution in [2.75, 3.05) is 26.1 Å². The number of rotatable bonds is 7. The van der Waals surface area contributed by atoms with E-state index < -0.39 is 12.3 Å². The molecule has 0 unspecified atom stereocenters. The molecule has 2 aromatic carbocycles. The topological polar surface area (TPSA) is 66.0 Å². The summed E-state index contributed by atoms with van der Waals surface area (Å²) < 4.78 is 56.1. The van der Waals surface area contributed by atoms with Crippen LogP contribution in [-0.2, 0) is 4.79 Å². The zero-order valence-electron chi connectivity index (χ0n) is 14.8. The molecular formula is C18H18F3NO5. The SMILES string of the molecule is COc1cc(C)cc(OC)c1OCC(=O)Nc1ccc(OC(F)(F)F)cc1. The van der Waals surface area contributed by atoms with Gasteiger partial charge in [0, 0.05) is 5.69 Å². The normalized spacial score (nSPS) is 10.9. The number of nitrogens with one attached hydrogen (secondary N) is 1. The van der Waals surface area contributed by atoms with Crippen LogP contribution in [0.4, 0.5) is 18.9 Å². The number of ether oxygens (including phenoxy) is 4. The molecule has 0 saturated carbocycles. The Morgan fingerprint density at radius 3 is 2.07 bits per heavy atom. The van der Waals surface area contributed by atoms with E-state index in [0.29, 0.717) is 17.2 Å². The first-order valence-corrected chi connectivity index (χ1v) is 7.73. The lowest BCUT2D eigenvalue weighted by atomic mass is 10.2. The Hall–Kier alpha value is -3.10. The van der Waals surface area contributed by atoms with E-state index in [-0.39, 0.29) is 18.1 Å². The van der Waals surface area contributed by atoms with Crippen molar-refractivity contribution in [1.29, 1.82) is 0 Å². The minimum Gasteiger partial charge on any atom is -0.493 e. The third-order valence-corrected chi connectivity index (χ3v) is 3.32.